The standard InChI is InChI=1S/C13H10Cl2N2O/c1-8-3-2-6-16-12(8)17-13(18)9-4-5-10(14)11(15)7-9/h2-7H,1H3,(H,16,17,18). The first-order valence-electron chi connectivity index (χ1n) is 5.26. The van der Waals surface area contributed by atoms with Crippen molar-refractivity contribution in [3.05, 3.63) is 57.7 Å². The molecule has 1 aromatic carbocycles. The fourth-order valence-corrected chi connectivity index (χ4v) is 1.73. The quantitative estimate of drug-likeness (QED) is 0.905. The van der Waals surface area contributed by atoms with E-state index < -0.39 is 0 Å². The number of halogens is 2. The van der Waals surface area contributed by atoms with Crippen LogP contribution in [-0.4, -0.2) is 10.9 Å². The lowest BCUT2D eigenvalue weighted by atomic mass is 10.2. The first kappa shape index (κ1) is 12.9. The molecule has 2 rings (SSSR count). The van der Waals surface area contributed by atoms with Crippen LogP contribution in [0.25, 0.3) is 0 Å². The minimum atomic E-state index is -0.268. The normalized spacial score (nSPS) is 10.2. The summed E-state index contributed by atoms with van der Waals surface area (Å²) in [4.78, 5) is 16.1. The number of amides is 1. The zero-order valence-corrected chi connectivity index (χ0v) is 11.1. The molecule has 1 N–H and O–H groups in total. The summed E-state index contributed by atoms with van der Waals surface area (Å²) in [6.07, 6.45) is 1.62. The second kappa shape index (κ2) is 5.38. The minimum Gasteiger partial charge on any atom is -0.306 e. The van der Waals surface area contributed by atoms with E-state index in [0.29, 0.717) is 21.4 Å². The fourth-order valence-electron chi connectivity index (χ4n) is 1.43. The van der Waals surface area contributed by atoms with Gasteiger partial charge in [0, 0.05) is 11.8 Å². The molecule has 0 unspecified atom stereocenters. The van der Waals surface area contributed by atoms with Gasteiger partial charge in [-0.15, -0.1) is 0 Å². The lowest BCUT2D eigenvalue weighted by Gasteiger charge is -2.07. The molecule has 3 nitrogen and oxygen atoms in total. The highest BCUT2D eigenvalue weighted by atomic mass is 35.5. The Kier molecular flexibility index (Phi) is 3.84. The number of carbonyl (C=O) groups excluding carboxylic acids is 1. The molecule has 0 saturated heterocycles. The summed E-state index contributed by atoms with van der Waals surface area (Å²) in [5.74, 6) is 0.268. The van der Waals surface area contributed by atoms with Gasteiger partial charge in [-0.3, -0.25) is 4.79 Å². The van der Waals surface area contributed by atoms with Gasteiger partial charge in [-0.1, -0.05) is 29.3 Å². The van der Waals surface area contributed by atoms with Gasteiger partial charge in [0.25, 0.3) is 5.91 Å². The van der Waals surface area contributed by atoms with Gasteiger partial charge in [-0.25, -0.2) is 4.98 Å². The van der Waals surface area contributed by atoms with Gasteiger partial charge >= 0.3 is 0 Å². The maximum Gasteiger partial charge on any atom is 0.256 e. The smallest absolute Gasteiger partial charge is 0.256 e. The van der Waals surface area contributed by atoms with Crippen LogP contribution in [0.3, 0.4) is 0 Å². The molecule has 1 heterocycles. The van der Waals surface area contributed by atoms with E-state index in [9.17, 15) is 4.79 Å². The van der Waals surface area contributed by atoms with E-state index >= 15 is 0 Å². The molecule has 92 valence electrons. The molecule has 0 aliphatic rings. The molecule has 0 fully saturated rings. The van der Waals surface area contributed by atoms with Crippen LogP contribution in [0.2, 0.25) is 10.0 Å². The summed E-state index contributed by atoms with van der Waals surface area (Å²) < 4.78 is 0. The van der Waals surface area contributed by atoms with Crippen LogP contribution >= 0.6 is 23.2 Å². The van der Waals surface area contributed by atoms with Crippen LogP contribution in [0, 0.1) is 6.92 Å². The third kappa shape index (κ3) is 2.81. The highest BCUT2D eigenvalue weighted by Crippen LogP contribution is 2.23. The predicted molar refractivity (Wildman–Crippen MR) is 73.4 cm³/mol. The number of anilines is 1. The van der Waals surface area contributed by atoms with Crippen molar-refractivity contribution in [1.82, 2.24) is 4.98 Å². The molecule has 0 atom stereocenters. The van der Waals surface area contributed by atoms with Crippen molar-refractivity contribution in [2.24, 2.45) is 0 Å². The first-order chi connectivity index (χ1) is 8.58. The predicted octanol–water partition coefficient (Wildman–Crippen LogP) is 3.95. The number of nitrogens with one attached hydrogen (secondary N) is 1. The van der Waals surface area contributed by atoms with Gasteiger partial charge in [0.05, 0.1) is 10.0 Å². The Bertz CT molecular complexity index is 599. The summed E-state index contributed by atoms with van der Waals surface area (Å²) in [5.41, 5.74) is 1.33. The fraction of sp³-hybridized carbons (Fsp3) is 0.0769. The second-order valence-corrected chi connectivity index (χ2v) is 4.57. The molecule has 2 aromatic rings. The van der Waals surface area contributed by atoms with Gasteiger partial charge in [0.1, 0.15) is 5.82 Å². The van der Waals surface area contributed by atoms with Crippen molar-refractivity contribution >= 4 is 34.9 Å². The Balaban J connectivity index is 2.22. The molecule has 0 bridgehead atoms. The summed E-state index contributed by atoms with van der Waals surface area (Å²) in [6.45, 7) is 1.87. The molecule has 0 aliphatic heterocycles. The number of benzene rings is 1. The zero-order valence-electron chi connectivity index (χ0n) is 9.58. The molecular formula is C13H10Cl2N2O. The SMILES string of the molecule is Cc1cccnc1NC(=O)c1ccc(Cl)c(Cl)c1. The van der Waals surface area contributed by atoms with Crippen LogP contribution in [0.5, 0.6) is 0 Å². The molecule has 0 radical (unpaired) electrons. The van der Waals surface area contributed by atoms with Gasteiger partial charge in [-0.2, -0.15) is 0 Å². The lowest BCUT2D eigenvalue weighted by Crippen LogP contribution is -2.13. The Morgan fingerprint density at radius 2 is 2.00 bits per heavy atom. The highest BCUT2D eigenvalue weighted by molar-refractivity contribution is 6.42. The number of pyridine rings is 1. The number of hydrogen-bond acceptors (Lipinski definition) is 2. The van der Waals surface area contributed by atoms with Gasteiger partial charge in [0.2, 0.25) is 0 Å². The number of rotatable bonds is 2. The maximum atomic E-state index is 12.0. The van der Waals surface area contributed by atoms with Gasteiger partial charge in [-0.05, 0) is 36.8 Å². The minimum absolute atomic E-state index is 0.268. The lowest BCUT2D eigenvalue weighted by molar-refractivity contribution is 0.102. The van der Waals surface area contributed by atoms with Crippen LogP contribution in [0.1, 0.15) is 15.9 Å². The van der Waals surface area contributed by atoms with Crippen LogP contribution in [0.4, 0.5) is 5.82 Å². The van der Waals surface area contributed by atoms with Crippen LogP contribution in [0.15, 0.2) is 36.5 Å². The van der Waals surface area contributed by atoms with Crippen molar-refractivity contribution < 1.29 is 4.79 Å². The molecule has 5 heteroatoms. The summed E-state index contributed by atoms with van der Waals surface area (Å²) >= 11 is 11.7. The average Bonchev–Trinajstić information content (AvgIpc) is 2.35. The molecule has 0 saturated carbocycles. The van der Waals surface area contributed by atoms with E-state index in [2.05, 4.69) is 10.3 Å². The van der Waals surface area contributed by atoms with E-state index in [1.165, 1.54) is 6.07 Å². The second-order valence-electron chi connectivity index (χ2n) is 3.75. The van der Waals surface area contributed by atoms with Gasteiger partial charge < -0.3 is 5.32 Å². The zero-order chi connectivity index (χ0) is 13.1. The number of hydrogen-bond donors (Lipinski definition) is 1. The molecule has 18 heavy (non-hydrogen) atoms. The van der Waals surface area contributed by atoms with E-state index in [1.54, 1.807) is 18.3 Å². The number of aryl methyl sites for hydroxylation is 1. The topological polar surface area (TPSA) is 42.0 Å². The van der Waals surface area contributed by atoms with E-state index in [1.807, 2.05) is 19.1 Å². The summed E-state index contributed by atoms with van der Waals surface area (Å²) in [5, 5.41) is 3.49. The summed E-state index contributed by atoms with van der Waals surface area (Å²) in [7, 11) is 0. The summed E-state index contributed by atoms with van der Waals surface area (Å²) in [6, 6.07) is 8.41. The number of nitrogens with zero attached hydrogens (tertiary/aromatic N) is 1. The molecule has 1 aromatic heterocycles. The Morgan fingerprint density at radius 3 is 2.67 bits per heavy atom. The van der Waals surface area contributed by atoms with Gasteiger partial charge in [0.15, 0.2) is 0 Å². The Hall–Kier alpha value is -1.58. The van der Waals surface area contributed by atoms with Crippen LogP contribution in [-0.2, 0) is 0 Å². The Labute approximate surface area is 115 Å². The molecule has 0 spiro atoms. The monoisotopic (exact) mass is 280 g/mol. The third-order valence-corrected chi connectivity index (χ3v) is 3.16. The largest absolute Gasteiger partial charge is 0.306 e. The number of carbonyl (C=O) groups is 1. The molecular weight excluding hydrogens is 271 g/mol. The van der Waals surface area contributed by atoms with Crippen molar-refractivity contribution in [2.75, 3.05) is 5.32 Å². The van der Waals surface area contributed by atoms with E-state index in [4.69, 9.17) is 23.2 Å². The number of aromatic nitrogens is 1. The van der Waals surface area contributed by atoms with E-state index in [-0.39, 0.29) is 5.91 Å². The van der Waals surface area contributed by atoms with E-state index in [0.717, 1.165) is 5.56 Å². The Morgan fingerprint density at radius 1 is 1.22 bits per heavy atom. The van der Waals surface area contributed by atoms with Crippen molar-refractivity contribution in [1.29, 1.82) is 0 Å². The van der Waals surface area contributed by atoms with Crippen molar-refractivity contribution in [3.8, 4) is 0 Å². The van der Waals surface area contributed by atoms with Crippen molar-refractivity contribution in [2.45, 2.75) is 6.92 Å². The first-order valence-corrected chi connectivity index (χ1v) is 6.01. The third-order valence-electron chi connectivity index (χ3n) is 2.42. The maximum absolute atomic E-state index is 12.0. The highest BCUT2D eigenvalue weighted by Gasteiger charge is 2.10. The molecule has 1 amide bonds. The average molecular weight is 281 g/mol. The van der Waals surface area contributed by atoms with Crippen LogP contribution < -0.4 is 5.32 Å². The van der Waals surface area contributed by atoms with Crippen molar-refractivity contribution in [3.63, 3.8) is 0 Å². The molecule has 0 aliphatic carbocycles.